The van der Waals surface area contributed by atoms with Gasteiger partial charge in [-0.3, -0.25) is 4.79 Å². The van der Waals surface area contributed by atoms with Crippen molar-refractivity contribution in [2.24, 2.45) is 0 Å². The number of rotatable bonds is 5. The smallest absolute Gasteiger partial charge is 0.293 e. The fourth-order valence-corrected chi connectivity index (χ4v) is 4.66. The molecule has 0 saturated carbocycles. The maximum atomic E-state index is 12.9. The predicted molar refractivity (Wildman–Crippen MR) is 88.5 cm³/mol. The van der Waals surface area contributed by atoms with Crippen molar-refractivity contribution in [1.82, 2.24) is 24.5 Å². The molecule has 9 heteroatoms. The van der Waals surface area contributed by atoms with Crippen LogP contribution in [0.2, 0.25) is 0 Å². The van der Waals surface area contributed by atoms with Crippen molar-refractivity contribution < 1.29 is 13.2 Å². The van der Waals surface area contributed by atoms with Crippen LogP contribution < -0.4 is 0 Å². The van der Waals surface area contributed by atoms with E-state index in [1.807, 2.05) is 13.8 Å². The van der Waals surface area contributed by atoms with Gasteiger partial charge in [0, 0.05) is 24.5 Å². The summed E-state index contributed by atoms with van der Waals surface area (Å²) >= 11 is 0. The zero-order valence-electron chi connectivity index (χ0n) is 13.8. The monoisotopic (exact) mass is 351 g/mol. The second-order valence-electron chi connectivity index (χ2n) is 6.14. The summed E-state index contributed by atoms with van der Waals surface area (Å²) in [7, 11) is -3.06. The van der Waals surface area contributed by atoms with Gasteiger partial charge in [0.05, 0.1) is 11.5 Å². The molecule has 0 bridgehead atoms. The first-order valence-electron chi connectivity index (χ1n) is 8.11. The Balaban J connectivity index is 1.91. The number of carbonyl (C=O) groups excluding carboxylic acids is 1. The second-order valence-corrected chi connectivity index (χ2v) is 8.37. The van der Waals surface area contributed by atoms with Crippen LogP contribution in [0.4, 0.5) is 0 Å². The molecule has 2 aromatic rings. The molecule has 0 aliphatic carbocycles. The molecule has 3 heterocycles. The van der Waals surface area contributed by atoms with Crippen LogP contribution in [0.25, 0.3) is 5.78 Å². The third kappa shape index (κ3) is 3.26. The van der Waals surface area contributed by atoms with Crippen LogP contribution >= 0.6 is 0 Å². The van der Waals surface area contributed by atoms with E-state index in [1.54, 1.807) is 17.2 Å². The SMILES string of the molecule is CCCCN(C(=O)c1nc2nccc(C)n2n1)C1CCS(=O)(=O)C1. The van der Waals surface area contributed by atoms with Crippen molar-refractivity contribution in [2.75, 3.05) is 18.1 Å². The van der Waals surface area contributed by atoms with E-state index in [0.717, 1.165) is 18.5 Å². The number of amides is 1. The van der Waals surface area contributed by atoms with Crippen LogP contribution in [0.1, 0.15) is 42.5 Å². The maximum Gasteiger partial charge on any atom is 0.293 e. The highest BCUT2D eigenvalue weighted by Gasteiger charge is 2.36. The van der Waals surface area contributed by atoms with Gasteiger partial charge < -0.3 is 4.90 Å². The van der Waals surface area contributed by atoms with Crippen molar-refractivity contribution in [3.63, 3.8) is 0 Å². The predicted octanol–water partition coefficient (Wildman–Crippen LogP) is 0.862. The van der Waals surface area contributed by atoms with Crippen LogP contribution in [0, 0.1) is 6.92 Å². The van der Waals surface area contributed by atoms with E-state index in [2.05, 4.69) is 15.1 Å². The largest absolute Gasteiger partial charge is 0.332 e. The van der Waals surface area contributed by atoms with Crippen LogP contribution in [0.15, 0.2) is 12.3 Å². The Morgan fingerprint density at radius 1 is 1.46 bits per heavy atom. The first-order chi connectivity index (χ1) is 11.4. The fraction of sp³-hybridized carbons (Fsp3) is 0.600. The molecule has 130 valence electrons. The Labute approximate surface area is 140 Å². The molecule has 1 aliphatic heterocycles. The van der Waals surface area contributed by atoms with Crippen molar-refractivity contribution in [3.05, 3.63) is 23.8 Å². The van der Waals surface area contributed by atoms with Gasteiger partial charge in [-0.1, -0.05) is 13.3 Å². The van der Waals surface area contributed by atoms with E-state index in [9.17, 15) is 13.2 Å². The molecule has 24 heavy (non-hydrogen) atoms. The number of hydrogen-bond acceptors (Lipinski definition) is 6. The van der Waals surface area contributed by atoms with E-state index in [1.165, 1.54) is 4.52 Å². The number of aryl methyl sites for hydroxylation is 1. The van der Waals surface area contributed by atoms with Crippen molar-refractivity contribution in [2.45, 2.75) is 39.2 Å². The average molecular weight is 351 g/mol. The molecule has 1 fully saturated rings. The highest BCUT2D eigenvalue weighted by atomic mass is 32.2. The minimum absolute atomic E-state index is 0.0209. The summed E-state index contributed by atoms with van der Waals surface area (Å²) in [6.07, 6.45) is 3.82. The zero-order chi connectivity index (χ0) is 17.3. The first kappa shape index (κ1) is 16.8. The third-order valence-electron chi connectivity index (χ3n) is 4.28. The molecule has 0 radical (unpaired) electrons. The molecule has 0 aromatic carbocycles. The molecule has 8 nitrogen and oxygen atoms in total. The van der Waals surface area contributed by atoms with Gasteiger partial charge in [0.2, 0.25) is 5.82 Å². The van der Waals surface area contributed by atoms with E-state index in [0.29, 0.717) is 18.7 Å². The standard InChI is InChI=1S/C15H21N5O3S/c1-3-4-8-19(12-6-9-24(22,23)10-12)14(21)13-17-15-16-7-5-11(2)20(15)18-13/h5,7,12H,3-4,6,8-10H2,1-2H3. The summed E-state index contributed by atoms with van der Waals surface area (Å²) in [4.78, 5) is 22.8. The van der Waals surface area contributed by atoms with Crippen molar-refractivity contribution >= 4 is 21.5 Å². The van der Waals surface area contributed by atoms with Gasteiger partial charge >= 0.3 is 0 Å². The first-order valence-corrected chi connectivity index (χ1v) is 9.93. The number of fused-ring (bicyclic) bond motifs is 1. The molecule has 3 rings (SSSR count). The highest BCUT2D eigenvalue weighted by molar-refractivity contribution is 7.91. The van der Waals surface area contributed by atoms with Gasteiger partial charge in [-0.25, -0.2) is 17.9 Å². The third-order valence-corrected chi connectivity index (χ3v) is 6.03. The van der Waals surface area contributed by atoms with Crippen molar-refractivity contribution in [1.29, 1.82) is 0 Å². The lowest BCUT2D eigenvalue weighted by atomic mass is 10.2. The summed E-state index contributed by atoms with van der Waals surface area (Å²) in [6.45, 7) is 4.40. The number of carbonyl (C=O) groups is 1. The normalized spacial score (nSPS) is 19.7. The van der Waals surface area contributed by atoms with E-state index in [4.69, 9.17) is 0 Å². The summed E-state index contributed by atoms with van der Waals surface area (Å²) in [6, 6.07) is 1.49. The molecule has 1 unspecified atom stereocenters. The zero-order valence-corrected chi connectivity index (χ0v) is 14.7. The molecule has 1 saturated heterocycles. The minimum Gasteiger partial charge on any atom is -0.332 e. The number of sulfone groups is 1. The molecule has 1 atom stereocenters. The summed E-state index contributed by atoms with van der Waals surface area (Å²) in [5.74, 6) is 0.264. The quantitative estimate of drug-likeness (QED) is 0.792. The molecular formula is C15H21N5O3S. The van der Waals surface area contributed by atoms with E-state index < -0.39 is 9.84 Å². The molecular weight excluding hydrogens is 330 g/mol. The van der Waals surface area contributed by atoms with Gasteiger partial charge in [-0.05, 0) is 25.8 Å². The molecule has 2 aromatic heterocycles. The number of nitrogens with zero attached hydrogens (tertiary/aromatic N) is 5. The van der Waals surface area contributed by atoms with Crippen LogP contribution in [-0.4, -0.2) is 62.9 Å². The molecule has 1 aliphatic rings. The van der Waals surface area contributed by atoms with Crippen LogP contribution in [-0.2, 0) is 9.84 Å². The maximum absolute atomic E-state index is 12.9. The summed E-state index contributed by atoms with van der Waals surface area (Å²) in [5.41, 5.74) is 0.829. The Bertz CT molecular complexity index is 861. The second kappa shape index (κ2) is 6.46. The van der Waals surface area contributed by atoms with Crippen molar-refractivity contribution in [3.8, 4) is 0 Å². The van der Waals surface area contributed by atoms with Gasteiger partial charge in [0.15, 0.2) is 9.84 Å². The number of aromatic nitrogens is 4. The lowest BCUT2D eigenvalue weighted by Crippen LogP contribution is -2.42. The highest BCUT2D eigenvalue weighted by Crippen LogP contribution is 2.20. The molecule has 0 N–H and O–H groups in total. The Morgan fingerprint density at radius 3 is 2.88 bits per heavy atom. The van der Waals surface area contributed by atoms with Crippen LogP contribution in [0.5, 0.6) is 0 Å². The number of hydrogen-bond donors (Lipinski definition) is 0. The average Bonchev–Trinajstić information content (AvgIpc) is 3.12. The number of unbranched alkanes of at least 4 members (excludes halogenated alkanes) is 1. The Kier molecular flexibility index (Phi) is 4.53. The van der Waals surface area contributed by atoms with E-state index >= 15 is 0 Å². The lowest BCUT2D eigenvalue weighted by Gasteiger charge is -2.27. The van der Waals surface area contributed by atoms with Gasteiger partial charge in [0.1, 0.15) is 0 Å². The topological polar surface area (TPSA) is 97.5 Å². The Morgan fingerprint density at radius 2 is 2.25 bits per heavy atom. The Hall–Kier alpha value is -2.03. The summed E-state index contributed by atoms with van der Waals surface area (Å²) < 4.78 is 25.1. The van der Waals surface area contributed by atoms with Gasteiger partial charge in [0.25, 0.3) is 11.7 Å². The van der Waals surface area contributed by atoms with Gasteiger partial charge in [-0.2, -0.15) is 4.98 Å². The minimum atomic E-state index is -3.06. The molecule has 1 amide bonds. The van der Waals surface area contributed by atoms with Crippen LogP contribution in [0.3, 0.4) is 0 Å². The van der Waals surface area contributed by atoms with Gasteiger partial charge in [-0.15, -0.1) is 5.10 Å². The van der Waals surface area contributed by atoms with E-state index in [-0.39, 0.29) is 29.3 Å². The summed E-state index contributed by atoms with van der Waals surface area (Å²) in [5, 5.41) is 4.25. The lowest BCUT2D eigenvalue weighted by molar-refractivity contribution is 0.0682. The fourth-order valence-electron chi connectivity index (χ4n) is 2.93. The molecule has 0 spiro atoms.